The van der Waals surface area contributed by atoms with Gasteiger partial charge in [0.25, 0.3) is 5.91 Å². The van der Waals surface area contributed by atoms with E-state index in [4.69, 9.17) is 5.73 Å². The first-order valence-electron chi connectivity index (χ1n) is 7.00. The molecule has 0 heterocycles. The molecule has 0 fully saturated rings. The molecule has 0 radical (unpaired) electrons. The van der Waals surface area contributed by atoms with Crippen molar-refractivity contribution in [1.29, 1.82) is 0 Å². The molecule has 0 saturated carbocycles. The summed E-state index contributed by atoms with van der Waals surface area (Å²) in [5, 5.41) is 2.76. The predicted molar refractivity (Wildman–Crippen MR) is 77.5 cm³/mol. The minimum Gasteiger partial charge on any atom is -0.434 e. The van der Waals surface area contributed by atoms with E-state index in [1.165, 1.54) is 18.2 Å². The maximum Gasteiger partial charge on any atom is 0.387 e. The highest BCUT2D eigenvalue weighted by Gasteiger charge is 2.25. The van der Waals surface area contributed by atoms with E-state index in [9.17, 15) is 13.6 Å². The second-order valence-corrected chi connectivity index (χ2v) is 4.97. The van der Waals surface area contributed by atoms with Crippen molar-refractivity contribution in [1.82, 2.24) is 5.32 Å². The number of nitrogens with one attached hydrogen (secondary N) is 1. The van der Waals surface area contributed by atoms with Crippen LogP contribution < -0.4 is 15.8 Å². The number of ether oxygens (including phenoxy) is 1. The highest BCUT2D eigenvalue weighted by Crippen LogP contribution is 2.25. The molecule has 4 nitrogen and oxygen atoms in total. The molecular weight excluding hydrogens is 278 g/mol. The number of benzene rings is 1. The van der Waals surface area contributed by atoms with Crippen molar-refractivity contribution in [2.24, 2.45) is 11.1 Å². The van der Waals surface area contributed by atoms with Crippen LogP contribution in [0.5, 0.6) is 5.75 Å². The molecule has 0 aliphatic carbocycles. The molecule has 0 saturated heterocycles. The Morgan fingerprint density at radius 3 is 2.48 bits per heavy atom. The number of rotatable bonds is 8. The molecule has 1 amide bonds. The lowest BCUT2D eigenvalue weighted by Gasteiger charge is -2.30. The highest BCUT2D eigenvalue weighted by atomic mass is 19.3. The Morgan fingerprint density at radius 2 is 1.95 bits per heavy atom. The van der Waals surface area contributed by atoms with Crippen LogP contribution in [0.4, 0.5) is 8.78 Å². The van der Waals surface area contributed by atoms with Gasteiger partial charge in [-0.3, -0.25) is 4.79 Å². The van der Waals surface area contributed by atoms with Gasteiger partial charge < -0.3 is 15.8 Å². The molecule has 118 valence electrons. The zero-order valence-electron chi connectivity index (χ0n) is 12.4. The van der Waals surface area contributed by atoms with Gasteiger partial charge in [-0.05, 0) is 36.9 Å². The fraction of sp³-hybridized carbons (Fsp3) is 0.533. The van der Waals surface area contributed by atoms with Gasteiger partial charge in [0.05, 0.1) is 5.56 Å². The quantitative estimate of drug-likeness (QED) is 0.776. The lowest BCUT2D eigenvalue weighted by Crippen LogP contribution is -2.41. The molecule has 21 heavy (non-hydrogen) atoms. The van der Waals surface area contributed by atoms with Crippen LogP contribution in [0.3, 0.4) is 0 Å². The average molecular weight is 300 g/mol. The van der Waals surface area contributed by atoms with Gasteiger partial charge >= 0.3 is 6.61 Å². The summed E-state index contributed by atoms with van der Waals surface area (Å²) in [4.78, 5) is 12.2. The number of hydrogen-bond acceptors (Lipinski definition) is 3. The molecule has 6 heteroatoms. The van der Waals surface area contributed by atoms with E-state index < -0.39 is 12.5 Å². The van der Waals surface area contributed by atoms with Crippen molar-refractivity contribution in [3.05, 3.63) is 29.8 Å². The Kier molecular flexibility index (Phi) is 6.55. The van der Waals surface area contributed by atoms with E-state index in [1.807, 2.05) is 13.8 Å². The number of nitrogens with two attached hydrogens (primary N) is 1. The largest absolute Gasteiger partial charge is 0.434 e. The van der Waals surface area contributed by atoms with Crippen LogP contribution in [0.15, 0.2) is 24.3 Å². The van der Waals surface area contributed by atoms with Gasteiger partial charge in [0.2, 0.25) is 0 Å². The van der Waals surface area contributed by atoms with Crippen molar-refractivity contribution >= 4 is 5.91 Å². The lowest BCUT2D eigenvalue weighted by atomic mass is 9.82. The first-order chi connectivity index (χ1) is 9.98. The molecule has 0 atom stereocenters. The van der Waals surface area contributed by atoms with Gasteiger partial charge in [0.1, 0.15) is 5.75 Å². The van der Waals surface area contributed by atoms with Crippen molar-refractivity contribution in [2.45, 2.75) is 33.3 Å². The zero-order valence-corrected chi connectivity index (χ0v) is 12.4. The standard InChI is InChI=1S/C15H22F2N2O2/c1-3-15(4-2,9-18)10-19-13(20)11-7-5-6-8-12(11)21-14(16)17/h5-8,14H,3-4,9-10,18H2,1-2H3,(H,19,20). The van der Waals surface area contributed by atoms with Crippen molar-refractivity contribution in [3.8, 4) is 5.75 Å². The number of carbonyl (C=O) groups is 1. The Hall–Kier alpha value is -1.69. The van der Waals surface area contributed by atoms with Gasteiger partial charge in [0.15, 0.2) is 0 Å². The second-order valence-electron chi connectivity index (χ2n) is 4.97. The molecule has 0 bridgehead atoms. The molecular formula is C15H22F2N2O2. The van der Waals surface area contributed by atoms with Gasteiger partial charge in [-0.15, -0.1) is 0 Å². The maximum atomic E-state index is 12.3. The van der Waals surface area contributed by atoms with Crippen molar-refractivity contribution < 1.29 is 18.3 Å². The Balaban J connectivity index is 2.80. The van der Waals surface area contributed by atoms with Gasteiger partial charge in [-0.2, -0.15) is 8.78 Å². The molecule has 0 aliphatic heterocycles. The van der Waals surface area contributed by atoms with Crippen LogP contribution in [-0.2, 0) is 0 Å². The highest BCUT2D eigenvalue weighted by molar-refractivity contribution is 5.96. The van der Waals surface area contributed by atoms with E-state index in [-0.39, 0.29) is 16.7 Å². The Bertz CT molecular complexity index is 454. The lowest BCUT2D eigenvalue weighted by molar-refractivity contribution is -0.0501. The van der Waals surface area contributed by atoms with Crippen LogP contribution in [0.2, 0.25) is 0 Å². The summed E-state index contributed by atoms with van der Waals surface area (Å²) in [7, 11) is 0. The number of carbonyl (C=O) groups excluding carboxylic acids is 1. The Labute approximate surface area is 123 Å². The van der Waals surface area contributed by atoms with E-state index in [1.54, 1.807) is 6.07 Å². The van der Waals surface area contributed by atoms with Gasteiger partial charge in [0, 0.05) is 6.54 Å². The number of hydrogen-bond donors (Lipinski definition) is 2. The van der Waals surface area contributed by atoms with E-state index in [0.29, 0.717) is 13.1 Å². The van der Waals surface area contributed by atoms with Crippen LogP contribution in [0, 0.1) is 5.41 Å². The third-order valence-corrected chi connectivity index (χ3v) is 3.90. The smallest absolute Gasteiger partial charge is 0.387 e. The molecule has 1 aromatic carbocycles. The first-order valence-corrected chi connectivity index (χ1v) is 7.00. The third-order valence-electron chi connectivity index (χ3n) is 3.90. The summed E-state index contributed by atoms with van der Waals surface area (Å²) in [5.41, 5.74) is 5.70. The zero-order chi connectivity index (χ0) is 15.9. The van der Waals surface area contributed by atoms with Crippen LogP contribution in [0.25, 0.3) is 0 Å². The van der Waals surface area contributed by atoms with Crippen LogP contribution in [0.1, 0.15) is 37.0 Å². The number of alkyl halides is 2. The SMILES string of the molecule is CCC(CC)(CN)CNC(=O)c1ccccc1OC(F)F. The summed E-state index contributed by atoms with van der Waals surface area (Å²) in [5.74, 6) is -0.567. The number of amides is 1. The van der Waals surface area contributed by atoms with Gasteiger partial charge in [-0.1, -0.05) is 26.0 Å². The van der Waals surface area contributed by atoms with Crippen LogP contribution in [-0.4, -0.2) is 25.6 Å². The first kappa shape index (κ1) is 17.4. The summed E-state index contributed by atoms with van der Waals surface area (Å²) >= 11 is 0. The summed E-state index contributed by atoms with van der Waals surface area (Å²) in [6.45, 7) is 1.91. The predicted octanol–water partition coefficient (Wildman–Crippen LogP) is 2.78. The van der Waals surface area contributed by atoms with Crippen molar-refractivity contribution in [2.75, 3.05) is 13.1 Å². The third kappa shape index (κ3) is 4.67. The monoisotopic (exact) mass is 300 g/mol. The summed E-state index contributed by atoms with van der Waals surface area (Å²) < 4.78 is 29.0. The maximum absolute atomic E-state index is 12.3. The molecule has 1 aromatic rings. The molecule has 3 N–H and O–H groups in total. The minimum atomic E-state index is -2.96. The molecule has 0 unspecified atom stereocenters. The Morgan fingerprint density at radius 1 is 1.33 bits per heavy atom. The van der Waals surface area contributed by atoms with Gasteiger partial charge in [-0.25, -0.2) is 0 Å². The molecule has 0 aromatic heterocycles. The summed E-state index contributed by atoms with van der Waals surface area (Å²) in [6.07, 6.45) is 1.66. The summed E-state index contributed by atoms with van der Waals surface area (Å²) in [6, 6.07) is 5.94. The molecule has 0 spiro atoms. The van der Waals surface area contributed by atoms with E-state index >= 15 is 0 Å². The fourth-order valence-electron chi connectivity index (χ4n) is 2.08. The number of halogens is 2. The van der Waals surface area contributed by atoms with Crippen LogP contribution >= 0.6 is 0 Å². The number of para-hydroxylation sites is 1. The molecule has 0 aliphatic rings. The minimum absolute atomic E-state index is 0.0935. The average Bonchev–Trinajstić information content (AvgIpc) is 2.49. The van der Waals surface area contributed by atoms with Crippen molar-refractivity contribution in [3.63, 3.8) is 0 Å². The van der Waals surface area contributed by atoms with E-state index in [0.717, 1.165) is 12.8 Å². The molecule has 1 rings (SSSR count). The van der Waals surface area contributed by atoms with E-state index in [2.05, 4.69) is 10.1 Å². The second kappa shape index (κ2) is 7.93. The normalized spacial score (nSPS) is 11.5. The fourth-order valence-corrected chi connectivity index (χ4v) is 2.08. The topological polar surface area (TPSA) is 64.3 Å².